The van der Waals surface area contributed by atoms with Gasteiger partial charge in [0.2, 0.25) is 5.79 Å². The Kier molecular flexibility index (Phi) is 17.9. The van der Waals surface area contributed by atoms with Crippen molar-refractivity contribution in [3.05, 3.63) is 126 Å². The van der Waals surface area contributed by atoms with Gasteiger partial charge in [0.25, 0.3) is 0 Å². The van der Waals surface area contributed by atoms with E-state index in [9.17, 15) is 24.9 Å². The molecule has 6 unspecified atom stereocenters. The molecule has 1 aliphatic heterocycles. The second-order valence-electron chi connectivity index (χ2n) is 16.0. The van der Waals surface area contributed by atoms with E-state index in [-0.39, 0.29) is 83.6 Å². The van der Waals surface area contributed by atoms with Crippen LogP contribution in [0.2, 0.25) is 0 Å². The lowest BCUT2D eigenvalue weighted by Gasteiger charge is -2.59. The molecule has 6 atom stereocenters. The van der Waals surface area contributed by atoms with Crippen molar-refractivity contribution >= 4 is 18.1 Å². The van der Waals surface area contributed by atoms with E-state index in [1.807, 2.05) is 48.5 Å². The van der Waals surface area contributed by atoms with Crippen LogP contribution in [0, 0.1) is 17.8 Å². The fourth-order valence-electron chi connectivity index (χ4n) is 9.27. The Hall–Kier alpha value is -5.31. The van der Waals surface area contributed by atoms with Gasteiger partial charge in [0.05, 0.1) is 44.7 Å². The molecule has 3 N–H and O–H groups in total. The smallest absolute Gasteiger partial charge is 0.410 e. The third-order valence-corrected chi connectivity index (χ3v) is 12.0. The van der Waals surface area contributed by atoms with E-state index in [1.165, 1.54) is 0 Å². The number of aliphatic hydroxyl groups is 3. The van der Waals surface area contributed by atoms with Crippen LogP contribution >= 0.6 is 0 Å². The number of oxime groups is 1. The van der Waals surface area contributed by atoms with Crippen molar-refractivity contribution in [1.82, 2.24) is 4.90 Å². The monoisotopic (exact) mass is 866 g/mol. The standard InChI is InChI=1S/C50H62N2O11/c1-3-5-27-59-49(57)52(22-28-58-29-25-55)46-33-44(51-61-35-36-14-7-6-8-15-36)42-31-38(17-9-11-23-53)41(19-10-12-24-54)47-43-32-40(62-39-18-13-16-37(30-39)34-56)20-21-45(43)63-50(46,48(42)47)60-26-4-2/h3-4,6-8,13-16,18,20-21,30-32,34,38,41,46-48,53-55H,1-2,5,9-12,17,19,22-29,33,35H2. The van der Waals surface area contributed by atoms with Crippen LogP contribution in [0.5, 0.6) is 17.2 Å². The average Bonchev–Trinajstić information content (AvgIpc) is 3.30. The summed E-state index contributed by atoms with van der Waals surface area (Å²) in [6.07, 6.45) is 10.8. The topological polar surface area (TPSA) is 166 Å². The van der Waals surface area contributed by atoms with Gasteiger partial charge in [0.1, 0.15) is 36.2 Å². The molecular formula is C50H62N2O11. The highest BCUT2D eigenvalue weighted by Crippen LogP contribution is 2.62. The zero-order chi connectivity index (χ0) is 44.4. The quantitative estimate of drug-likeness (QED) is 0.0309. The summed E-state index contributed by atoms with van der Waals surface area (Å²) >= 11 is 0. The summed E-state index contributed by atoms with van der Waals surface area (Å²) in [5.41, 5.74) is 3.82. The number of carbonyl (C=O) groups is 2. The number of hydrogen-bond acceptors (Lipinski definition) is 12. The van der Waals surface area contributed by atoms with Crippen LogP contribution in [0.25, 0.3) is 0 Å². The highest BCUT2D eigenvalue weighted by atomic mass is 16.7. The highest BCUT2D eigenvalue weighted by molar-refractivity contribution is 6.03. The lowest BCUT2D eigenvalue weighted by atomic mass is 9.55. The van der Waals surface area contributed by atoms with Gasteiger partial charge in [-0.05, 0) is 85.4 Å². The van der Waals surface area contributed by atoms with Gasteiger partial charge in [-0.3, -0.25) is 9.69 Å². The van der Waals surface area contributed by atoms with E-state index in [1.54, 1.807) is 41.3 Å². The molecule has 0 spiro atoms. The number of nitrogens with zero attached hydrogens (tertiary/aromatic N) is 2. The van der Waals surface area contributed by atoms with Gasteiger partial charge in [0, 0.05) is 43.2 Å². The van der Waals surface area contributed by atoms with Gasteiger partial charge < -0.3 is 43.8 Å². The molecule has 6 rings (SSSR count). The SMILES string of the molecule is C=CCCOC(=O)N(CCOCCO)C1CC(=NOCc2ccccc2)C2=CC(CCCCO)C(CCCCO)C3c4cc(Oc5cccc(C=O)c5)ccc4OC1(OCC=C)C23. The molecule has 3 aromatic carbocycles. The minimum atomic E-state index is -1.52. The number of benzene rings is 3. The van der Waals surface area contributed by atoms with E-state index < -0.39 is 23.8 Å². The lowest BCUT2D eigenvalue weighted by Crippen LogP contribution is -2.70. The Balaban J connectivity index is 1.57. The summed E-state index contributed by atoms with van der Waals surface area (Å²) in [5.74, 6) is -0.774. The van der Waals surface area contributed by atoms with Crippen LogP contribution in [0.15, 0.2) is 115 Å². The van der Waals surface area contributed by atoms with Crippen LogP contribution in [0.1, 0.15) is 78.8 Å². The first-order chi connectivity index (χ1) is 30.9. The average molecular weight is 867 g/mol. The van der Waals surface area contributed by atoms with Crippen LogP contribution in [0.3, 0.4) is 0 Å². The number of rotatable bonds is 26. The molecule has 1 heterocycles. The zero-order valence-corrected chi connectivity index (χ0v) is 36.1. The first-order valence-electron chi connectivity index (χ1n) is 22.1. The summed E-state index contributed by atoms with van der Waals surface area (Å²) < 4.78 is 32.4. The maximum Gasteiger partial charge on any atom is 0.410 e. The first kappa shape index (κ1) is 47.2. The summed E-state index contributed by atoms with van der Waals surface area (Å²) in [7, 11) is 0. The lowest BCUT2D eigenvalue weighted by molar-refractivity contribution is -0.256. The Bertz CT molecular complexity index is 2020. The molecule has 0 aromatic heterocycles. The Morgan fingerprint density at radius 2 is 1.68 bits per heavy atom. The predicted molar refractivity (Wildman–Crippen MR) is 239 cm³/mol. The van der Waals surface area contributed by atoms with Crippen molar-refractivity contribution in [3.8, 4) is 17.2 Å². The number of aliphatic hydroxyl groups excluding tert-OH is 3. The predicted octanol–water partition coefficient (Wildman–Crippen LogP) is 8.15. The van der Waals surface area contributed by atoms with Crippen LogP contribution in [-0.2, 0) is 25.7 Å². The molecule has 1 amide bonds. The van der Waals surface area contributed by atoms with Gasteiger partial charge in [-0.2, -0.15) is 0 Å². The second-order valence-corrected chi connectivity index (χ2v) is 16.0. The molecule has 1 fully saturated rings. The minimum Gasteiger partial charge on any atom is -0.459 e. The second kappa shape index (κ2) is 23.9. The highest BCUT2D eigenvalue weighted by Gasteiger charge is 2.65. The van der Waals surface area contributed by atoms with Gasteiger partial charge in [-0.25, -0.2) is 4.79 Å². The molecule has 13 heteroatoms. The summed E-state index contributed by atoms with van der Waals surface area (Å²) in [5, 5.41) is 34.3. The van der Waals surface area contributed by atoms with Crippen LogP contribution in [-0.4, -0.2) is 103 Å². The van der Waals surface area contributed by atoms with E-state index >= 15 is 0 Å². The maximum absolute atomic E-state index is 14.4. The Labute approximate surface area is 370 Å². The van der Waals surface area contributed by atoms with Crippen molar-refractivity contribution in [3.63, 3.8) is 0 Å². The van der Waals surface area contributed by atoms with Gasteiger partial charge in [-0.15, -0.1) is 13.2 Å². The van der Waals surface area contributed by atoms with Gasteiger partial charge in [0.15, 0.2) is 0 Å². The zero-order valence-electron chi connectivity index (χ0n) is 36.1. The molecule has 0 radical (unpaired) electrons. The van der Waals surface area contributed by atoms with Crippen molar-refractivity contribution in [2.24, 2.45) is 22.9 Å². The number of aldehydes is 1. The summed E-state index contributed by atoms with van der Waals surface area (Å²) in [4.78, 5) is 33.9. The van der Waals surface area contributed by atoms with Crippen LogP contribution in [0.4, 0.5) is 4.79 Å². The van der Waals surface area contributed by atoms with Crippen LogP contribution < -0.4 is 9.47 Å². The molecule has 0 bridgehead atoms. The van der Waals surface area contributed by atoms with Crippen molar-refractivity contribution in [2.45, 2.75) is 75.7 Å². The first-order valence-corrected chi connectivity index (χ1v) is 22.1. The molecule has 3 aromatic rings. The molecule has 2 aliphatic carbocycles. The molecule has 3 aliphatic rings. The Morgan fingerprint density at radius 3 is 2.43 bits per heavy atom. The van der Waals surface area contributed by atoms with Gasteiger partial charge >= 0.3 is 6.09 Å². The van der Waals surface area contributed by atoms with Crippen molar-refractivity contribution in [1.29, 1.82) is 0 Å². The normalized spacial score (nSPS) is 22.7. The molecule has 0 saturated heterocycles. The maximum atomic E-state index is 14.4. The number of fused-ring (bicyclic) bond motifs is 2. The third-order valence-electron chi connectivity index (χ3n) is 12.0. The van der Waals surface area contributed by atoms with E-state index in [0.29, 0.717) is 47.8 Å². The largest absolute Gasteiger partial charge is 0.459 e. The Morgan fingerprint density at radius 1 is 0.889 bits per heavy atom. The number of unbranched alkanes of at least 4 members (excludes halogenated alkanes) is 2. The number of ether oxygens (including phenoxy) is 5. The van der Waals surface area contributed by atoms with E-state index in [2.05, 4.69) is 19.2 Å². The van der Waals surface area contributed by atoms with Crippen molar-refractivity contribution in [2.75, 3.05) is 52.8 Å². The number of hydrogen-bond donors (Lipinski definition) is 3. The number of amides is 1. The molecule has 338 valence electrons. The van der Waals surface area contributed by atoms with E-state index in [0.717, 1.165) is 48.7 Å². The fraction of sp³-hybridized carbons (Fsp3) is 0.460. The van der Waals surface area contributed by atoms with E-state index in [4.69, 9.17) is 33.7 Å². The van der Waals surface area contributed by atoms with Crippen molar-refractivity contribution < 1.29 is 53.4 Å². The summed E-state index contributed by atoms with van der Waals surface area (Å²) in [6.45, 7) is 8.42. The molecule has 63 heavy (non-hydrogen) atoms. The van der Waals surface area contributed by atoms with Gasteiger partial charge in [-0.1, -0.05) is 78.7 Å². The molecule has 1 saturated carbocycles. The number of carbonyl (C=O) groups excluding carboxylic acids is 2. The molecule has 13 nitrogen and oxygen atoms in total. The molecular weight excluding hydrogens is 805 g/mol. The third kappa shape index (κ3) is 11.6. The fourth-order valence-corrected chi connectivity index (χ4v) is 9.27. The number of allylic oxidation sites excluding steroid dienone is 1. The summed E-state index contributed by atoms with van der Waals surface area (Å²) in [6, 6.07) is 21.6. The minimum absolute atomic E-state index is 0.0156.